The van der Waals surface area contributed by atoms with Gasteiger partial charge in [0.1, 0.15) is 0 Å². The van der Waals surface area contributed by atoms with Crippen molar-refractivity contribution in [3.8, 4) is 0 Å². The molecule has 1 aromatic rings. The van der Waals surface area contributed by atoms with Crippen LogP contribution in [0.1, 0.15) is 42.5 Å². The number of rotatable bonds is 3. The Morgan fingerprint density at radius 1 is 1.43 bits per heavy atom. The number of carbonyl (C=O) groups is 1. The minimum atomic E-state index is -0.00509. The van der Waals surface area contributed by atoms with Crippen LogP contribution in [0.4, 0.5) is 5.69 Å². The first kappa shape index (κ1) is 10.7. The predicted octanol–water partition coefficient (Wildman–Crippen LogP) is 1.99. The third-order valence-corrected chi connectivity index (χ3v) is 2.23. The van der Waals surface area contributed by atoms with E-state index in [0.29, 0.717) is 11.3 Å². The molecule has 0 radical (unpaired) electrons. The first-order chi connectivity index (χ1) is 6.60. The van der Waals surface area contributed by atoms with Gasteiger partial charge in [-0.15, -0.1) is 0 Å². The monoisotopic (exact) mass is 192 g/mol. The first-order valence-corrected chi connectivity index (χ1v) is 4.89. The average molecular weight is 192 g/mol. The number of nitrogen functional groups attached to an aromatic ring is 1. The molecule has 0 unspecified atom stereocenters. The molecule has 0 saturated carbocycles. The maximum Gasteiger partial charge on any atom is 0.163 e. The van der Waals surface area contributed by atoms with E-state index < -0.39 is 0 Å². The maximum atomic E-state index is 11.3. The number of aromatic nitrogens is 1. The summed E-state index contributed by atoms with van der Waals surface area (Å²) in [6, 6.07) is 1.79. The van der Waals surface area contributed by atoms with Crippen LogP contribution in [-0.2, 0) is 12.8 Å². The Hall–Kier alpha value is -1.38. The molecule has 1 heterocycles. The predicted molar refractivity (Wildman–Crippen MR) is 57.4 cm³/mol. The van der Waals surface area contributed by atoms with Crippen molar-refractivity contribution in [2.75, 3.05) is 5.73 Å². The molecule has 0 fully saturated rings. The van der Waals surface area contributed by atoms with Gasteiger partial charge in [-0.3, -0.25) is 9.78 Å². The molecule has 0 aliphatic carbocycles. The number of nitrogens with two attached hydrogens (primary N) is 1. The SMILES string of the molecule is CCc1cc(N)c(C(C)=O)c(CC)n1. The van der Waals surface area contributed by atoms with Gasteiger partial charge in [0.15, 0.2) is 5.78 Å². The van der Waals surface area contributed by atoms with Gasteiger partial charge >= 0.3 is 0 Å². The molecule has 0 aliphatic heterocycles. The molecule has 0 saturated heterocycles. The molecular formula is C11H16N2O. The minimum absolute atomic E-state index is 0.00509. The number of ketones is 1. The molecule has 0 atom stereocenters. The largest absolute Gasteiger partial charge is 0.398 e. The summed E-state index contributed by atoms with van der Waals surface area (Å²) in [6.45, 7) is 5.53. The second-order valence-electron chi connectivity index (χ2n) is 3.29. The summed E-state index contributed by atoms with van der Waals surface area (Å²) < 4.78 is 0. The van der Waals surface area contributed by atoms with Gasteiger partial charge in [-0.2, -0.15) is 0 Å². The van der Waals surface area contributed by atoms with Gasteiger partial charge in [-0.25, -0.2) is 0 Å². The van der Waals surface area contributed by atoms with E-state index in [2.05, 4.69) is 4.98 Å². The molecular weight excluding hydrogens is 176 g/mol. The van der Waals surface area contributed by atoms with Crippen LogP contribution in [0, 0.1) is 0 Å². The number of hydrogen-bond donors (Lipinski definition) is 1. The second-order valence-corrected chi connectivity index (χ2v) is 3.29. The summed E-state index contributed by atoms with van der Waals surface area (Å²) in [5.74, 6) is -0.00509. The van der Waals surface area contributed by atoms with E-state index >= 15 is 0 Å². The summed E-state index contributed by atoms with van der Waals surface area (Å²) in [7, 11) is 0. The zero-order chi connectivity index (χ0) is 10.7. The van der Waals surface area contributed by atoms with Crippen molar-refractivity contribution in [2.24, 2.45) is 0 Å². The number of carbonyl (C=O) groups excluding carboxylic acids is 1. The van der Waals surface area contributed by atoms with Crippen LogP contribution >= 0.6 is 0 Å². The van der Waals surface area contributed by atoms with Gasteiger partial charge in [-0.05, 0) is 25.8 Å². The zero-order valence-electron chi connectivity index (χ0n) is 8.92. The van der Waals surface area contributed by atoms with Crippen molar-refractivity contribution >= 4 is 11.5 Å². The lowest BCUT2D eigenvalue weighted by Crippen LogP contribution is -2.08. The third-order valence-electron chi connectivity index (χ3n) is 2.23. The molecule has 0 aromatic carbocycles. The van der Waals surface area contributed by atoms with Gasteiger partial charge in [0, 0.05) is 11.4 Å². The van der Waals surface area contributed by atoms with Crippen molar-refractivity contribution in [3.63, 3.8) is 0 Å². The molecule has 76 valence electrons. The fourth-order valence-corrected chi connectivity index (χ4v) is 1.52. The third kappa shape index (κ3) is 1.92. The number of nitrogens with zero attached hydrogens (tertiary/aromatic N) is 1. The van der Waals surface area contributed by atoms with Crippen molar-refractivity contribution < 1.29 is 4.79 Å². The lowest BCUT2D eigenvalue weighted by Gasteiger charge is -2.09. The lowest BCUT2D eigenvalue weighted by molar-refractivity contribution is 0.101. The topological polar surface area (TPSA) is 56.0 Å². The summed E-state index contributed by atoms with van der Waals surface area (Å²) >= 11 is 0. The van der Waals surface area contributed by atoms with E-state index in [1.807, 2.05) is 13.8 Å². The van der Waals surface area contributed by atoms with E-state index in [1.165, 1.54) is 6.92 Å². The standard InChI is InChI=1S/C11H16N2O/c1-4-8-6-9(12)11(7(3)14)10(5-2)13-8/h6H,4-5H2,1-3H3,(H2,12,13). The van der Waals surface area contributed by atoms with Crippen LogP contribution in [-0.4, -0.2) is 10.8 Å². The molecule has 0 bridgehead atoms. The maximum absolute atomic E-state index is 11.3. The Bertz CT molecular complexity index is 359. The molecule has 3 heteroatoms. The van der Waals surface area contributed by atoms with Gasteiger partial charge in [0.25, 0.3) is 0 Å². The van der Waals surface area contributed by atoms with Crippen LogP contribution in [0.25, 0.3) is 0 Å². The van der Waals surface area contributed by atoms with Gasteiger partial charge in [0.2, 0.25) is 0 Å². The number of aryl methyl sites for hydroxylation is 2. The Morgan fingerprint density at radius 2 is 2.07 bits per heavy atom. The highest BCUT2D eigenvalue weighted by atomic mass is 16.1. The van der Waals surface area contributed by atoms with E-state index in [4.69, 9.17) is 5.73 Å². The van der Waals surface area contributed by atoms with Gasteiger partial charge in [0.05, 0.1) is 11.3 Å². The molecule has 0 amide bonds. The number of hydrogen-bond acceptors (Lipinski definition) is 3. The van der Waals surface area contributed by atoms with Crippen molar-refractivity contribution in [1.29, 1.82) is 0 Å². The quantitative estimate of drug-likeness (QED) is 0.745. The van der Waals surface area contributed by atoms with Crippen molar-refractivity contribution in [2.45, 2.75) is 33.6 Å². The molecule has 0 aliphatic rings. The van der Waals surface area contributed by atoms with Crippen molar-refractivity contribution in [3.05, 3.63) is 23.0 Å². The highest BCUT2D eigenvalue weighted by Gasteiger charge is 2.12. The smallest absolute Gasteiger partial charge is 0.163 e. The molecule has 2 N–H and O–H groups in total. The molecule has 1 rings (SSSR count). The second kappa shape index (κ2) is 4.22. The zero-order valence-corrected chi connectivity index (χ0v) is 8.92. The van der Waals surface area contributed by atoms with Gasteiger partial charge in [-0.1, -0.05) is 13.8 Å². The highest BCUT2D eigenvalue weighted by Crippen LogP contribution is 2.18. The first-order valence-electron chi connectivity index (χ1n) is 4.89. The van der Waals surface area contributed by atoms with Crippen LogP contribution < -0.4 is 5.73 Å². The van der Waals surface area contributed by atoms with Gasteiger partial charge < -0.3 is 5.73 Å². The Kier molecular flexibility index (Phi) is 3.23. The fraction of sp³-hybridized carbons (Fsp3) is 0.455. The highest BCUT2D eigenvalue weighted by molar-refractivity contribution is 6.00. The molecule has 0 spiro atoms. The Morgan fingerprint density at radius 3 is 2.50 bits per heavy atom. The Balaban J connectivity index is 3.34. The number of Topliss-reactive ketones (excluding diaryl/α,β-unsaturated/α-hetero) is 1. The molecule has 14 heavy (non-hydrogen) atoms. The Labute approximate surface area is 84.3 Å². The average Bonchev–Trinajstić information content (AvgIpc) is 2.15. The van der Waals surface area contributed by atoms with Crippen LogP contribution in [0.5, 0.6) is 0 Å². The van der Waals surface area contributed by atoms with E-state index in [9.17, 15) is 4.79 Å². The summed E-state index contributed by atoms with van der Waals surface area (Å²) in [5, 5.41) is 0. The number of anilines is 1. The lowest BCUT2D eigenvalue weighted by atomic mass is 10.0. The van der Waals surface area contributed by atoms with E-state index in [-0.39, 0.29) is 5.78 Å². The molecule has 3 nitrogen and oxygen atoms in total. The minimum Gasteiger partial charge on any atom is -0.398 e. The summed E-state index contributed by atoms with van der Waals surface area (Å²) in [4.78, 5) is 15.7. The normalized spacial score (nSPS) is 10.2. The van der Waals surface area contributed by atoms with Crippen LogP contribution in [0.3, 0.4) is 0 Å². The van der Waals surface area contributed by atoms with E-state index in [0.717, 1.165) is 24.2 Å². The van der Waals surface area contributed by atoms with Crippen LogP contribution in [0.15, 0.2) is 6.07 Å². The fourth-order valence-electron chi connectivity index (χ4n) is 1.52. The van der Waals surface area contributed by atoms with Crippen LogP contribution in [0.2, 0.25) is 0 Å². The van der Waals surface area contributed by atoms with Crippen molar-refractivity contribution in [1.82, 2.24) is 4.98 Å². The van der Waals surface area contributed by atoms with E-state index in [1.54, 1.807) is 6.07 Å². The molecule has 1 aromatic heterocycles. The number of pyridine rings is 1. The summed E-state index contributed by atoms with van der Waals surface area (Å²) in [6.07, 6.45) is 1.59. The summed E-state index contributed by atoms with van der Waals surface area (Å²) in [5.41, 5.74) is 8.72.